The summed E-state index contributed by atoms with van der Waals surface area (Å²) in [6.07, 6.45) is 0.139. The number of imide groups is 1. The van der Waals surface area contributed by atoms with Gasteiger partial charge in [-0.15, -0.1) is 0 Å². The molecule has 0 aromatic heterocycles. The third kappa shape index (κ3) is 3.62. The van der Waals surface area contributed by atoms with Crippen LogP contribution < -0.4 is 15.4 Å². The molecule has 0 saturated heterocycles. The number of ether oxygens (including phenoxy) is 1. The fraction of sp³-hybridized carbons (Fsp3) is 0.308. The van der Waals surface area contributed by atoms with E-state index in [0.29, 0.717) is 0 Å². The van der Waals surface area contributed by atoms with Gasteiger partial charge in [0.05, 0.1) is 12.2 Å². The van der Waals surface area contributed by atoms with Crippen molar-refractivity contribution in [2.75, 3.05) is 11.4 Å². The molecule has 0 unspecified atom stereocenters. The van der Waals surface area contributed by atoms with Crippen molar-refractivity contribution in [1.29, 1.82) is 0 Å². The molecular formula is C13H16N2O4. The maximum Gasteiger partial charge on any atom is 0.308 e. The number of esters is 1. The maximum absolute atomic E-state index is 11.9. The Bertz CT molecular complexity index is 483. The molecule has 1 aromatic carbocycles. The maximum atomic E-state index is 11.9. The minimum atomic E-state index is -0.550. The zero-order chi connectivity index (χ0) is 14.4. The third-order valence-electron chi connectivity index (χ3n) is 2.34. The lowest BCUT2D eigenvalue weighted by Gasteiger charge is -2.21. The average Bonchev–Trinajstić information content (AvgIpc) is 2.39. The number of para-hydroxylation sites is 2. The monoisotopic (exact) mass is 264 g/mol. The SMILES string of the molecule is CCC(=O)N(C(=O)CN)c1ccccc1OC(C)=O. The molecule has 0 bridgehead atoms. The van der Waals surface area contributed by atoms with Gasteiger partial charge in [0.25, 0.3) is 0 Å². The molecule has 0 radical (unpaired) electrons. The number of nitrogens with two attached hydrogens (primary N) is 1. The van der Waals surface area contributed by atoms with Crippen molar-refractivity contribution in [2.24, 2.45) is 5.73 Å². The van der Waals surface area contributed by atoms with E-state index < -0.39 is 17.8 Å². The van der Waals surface area contributed by atoms with E-state index in [1.165, 1.54) is 19.1 Å². The molecule has 6 nitrogen and oxygen atoms in total. The molecule has 19 heavy (non-hydrogen) atoms. The summed E-state index contributed by atoms with van der Waals surface area (Å²) in [5.74, 6) is -1.34. The largest absolute Gasteiger partial charge is 0.424 e. The average molecular weight is 264 g/mol. The molecule has 0 aliphatic heterocycles. The number of benzene rings is 1. The molecule has 6 heteroatoms. The summed E-state index contributed by atoms with van der Waals surface area (Å²) in [5, 5.41) is 0. The highest BCUT2D eigenvalue weighted by Gasteiger charge is 2.24. The Hall–Kier alpha value is -2.21. The van der Waals surface area contributed by atoms with E-state index in [1.807, 2.05) is 0 Å². The van der Waals surface area contributed by atoms with Crippen LogP contribution in [0.25, 0.3) is 0 Å². The molecule has 2 N–H and O–H groups in total. The van der Waals surface area contributed by atoms with E-state index in [0.717, 1.165) is 4.90 Å². The van der Waals surface area contributed by atoms with Gasteiger partial charge < -0.3 is 10.5 Å². The van der Waals surface area contributed by atoms with Crippen molar-refractivity contribution >= 4 is 23.5 Å². The van der Waals surface area contributed by atoms with Gasteiger partial charge in [0.1, 0.15) is 0 Å². The minimum Gasteiger partial charge on any atom is -0.424 e. The summed E-state index contributed by atoms with van der Waals surface area (Å²) >= 11 is 0. The second-order valence-electron chi connectivity index (χ2n) is 3.74. The third-order valence-corrected chi connectivity index (χ3v) is 2.34. The van der Waals surface area contributed by atoms with Crippen molar-refractivity contribution in [3.8, 4) is 5.75 Å². The van der Waals surface area contributed by atoms with E-state index in [4.69, 9.17) is 10.5 Å². The van der Waals surface area contributed by atoms with Crippen LogP contribution in [0.1, 0.15) is 20.3 Å². The molecule has 102 valence electrons. The van der Waals surface area contributed by atoms with Crippen molar-refractivity contribution in [1.82, 2.24) is 0 Å². The zero-order valence-corrected chi connectivity index (χ0v) is 10.9. The van der Waals surface area contributed by atoms with Crippen LogP contribution >= 0.6 is 0 Å². The number of hydrogen-bond acceptors (Lipinski definition) is 5. The number of carbonyl (C=O) groups is 3. The van der Waals surface area contributed by atoms with Crippen LogP contribution in [0.15, 0.2) is 24.3 Å². The van der Waals surface area contributed by atoms with Crippen molar-refractivity contribution in [2.45, 2.75) is 20.3 Å². The van der Waals surface area contributed by atoms with Crippen LogP contribution in [-0.2, 0) is 14.4 Å². The van der Waals surface area contributed by atoms with E-state index in [-0.39, 0.29) is 24.4 Å². The summed E-state index contributed by atoms with van der Waals surface area (Å²) in [4.78, 5) is 35.6. The Morgan fingerprint density at radius 2 is 1.84 bits per heavy atom. The van der Waals surface area contributed by atoms with Gasteiger partial charge >= 0.3 is 5.97 Å². The number of amides is 2. The molecule has 0 spiro atoms. The number of anilines is 1. The standard InChI is InChI=1S/C13H16N2O4/c1-3-12(17)15(13(18)8-14)10-6-4-5-7-11(10)19-9(2)16/h4-7H,3,8,14H2,1-2H3. The summed E-state index contributed by atoms with van der Waals surface area (Å²) in [7, 11) is 0. The lowest BCUT2D eigenvalue weighted by Crippen LogP contribution is -2.40. The van der Waals surface area contributed by atoms with Gasteiger partial charge in [-0.25, -0.2) is 4.90 Å². The van der Waals surface area contributed by atoms with Crippen LogP contribution in [0.5, 0.6) is 5.75 Å². The van der Waals surface area contributed by atoms with Gasteiger partial charge in [-0.3, -0.25) is 14.4 Å². The van der Waals surface area contributed by atoms with Crippen molar-refractivity contribution < 1.29 is 19.1 Å². The smallest absolute Gasteiger partial charge is 0.308 e. The summed E-state index contributed by atoms with van der Waals surface area (Å²) < 4.78 is 4.99. The van der Waals surface area contributed by atoms with Gasteiger partial charge in [-0.1, -0.05) is 19.1 Å². The molecule has 0 heterocycles. The van der Waals surface area contributed by atoms with Crippen LogP contribution in [0, 0.1) is 0 Å². The Morgan fingerprint density at radius 1 is 1.21 bits per heavy atom. The topological polar surface area (TPSA) is 89.7 Å². The molecule has 0 atom stereocenters. The lowest BCUT2D eigenvalue weighted by molar-refractivity contribution is -0.132. The van der Waals surface area contributed by atoms with Crippen LogP contribution in [0.3, 0.4) is 0 Å². The Balaban J connectivity index is 3.25. The van der Waals surface area contributed by atoms with Crippen LogP contribution in [0.4, 0.5) is 5.69 Å². The highest BCUT2D eigenvalue weighted by molar-refractivity contribution is 6.16. The first-order valence-electron chi connectivity index (χ1n) is 5.84. The fourth-order valence-electron chi connectivity index (χ4n) is 1.54. The van der Waals surface area contributed by atoms with Crippen molar-refractivity contribution in [3.05, 3.63) is 24.3 Å². The quantitative estimate of drug-likeness (QED) is 0.643. The van der Waals surface area contributed by atoms with Gasteiger partial charge in [0.15, 0.2) is 5.75 Å². The second kappa shape index (κ2) is 6.65. The summed E-state index contributed by atoms with van der Waals surface area (Å²) in [6, 6.07) is 6.32. The minimum absolute atomic E-state index is 0.139. The number of rotatable bonds is 4. The Morgan fingerprint density at radius 3 is 2.37 bits per heavy atom. The second-order valence-corrected chi connectivity index (χ2v) is 3.74. The van der Waals surface area contributed by atoms with E-state index in [9.17, 15) is 14.4 Å². The molecule has 0 fully saturated rings. The highest BCUT2D eigenvalue weighted by atomic mass is 16.5. The van der Waals surface area contributed by atoms with E-state index in [2.05, 4.69) is 0 Å². The van der Waals surface area contributed by atoms with Crippen LogP contribution in [0.2, 0.25) is 0 Å². The first kappa shape index (κ1) is 14.8. The fourth-order valence-corrected chi connectivity index (χ4v) is 1.54. The van der Waals surface area contributed by atoms with Crippen LogP contribution in [-0.4, -0.2) is 24.3 Å². The first-order chi connectivity index (χ1) is 9.01. The first-order valence-corrected chi connectivity index (χ1v) is 5.84. The zero-order valence-electron chi connectivity index (χ0n) is 10.9. The molecule has 1 rings (SSSR count). The molecule has 2 amide bonds. The molecule has 1 aromatic rings. The highest BCUT2D eigenvalue weighted by Crippen LogP contribution is 2.28. The van der Waals surface area contributed by atoms with Gasteiger partial charge in [-0.05, 0) is 12.1 Å². The normalized spacial score (nSPS) is 9.84. The van der Waals surface area contributed by atoms with Gasteiger partial charge in [0.2, 0.25) is 11.8 Å². The Kier molecular flexibility index (Phi) is 5.20. The Labute approximate surface area is 111 Å². The lowest BCUT2D eigenvalue weighted by atomic mass is 10.2. The molecule has 0 saturated carbocycles. The molecule has 0 aliphatic rings. The predicted molar refractivity (Wildman–Crippen MR) is 69.6 cm³/mol. The number of hydrogen-bond donors (Lipinski definition) is 1. The molecular weight excluding hydrogens is 248 g/mol. The number of carbonyl (C=O) groups excluding carboxylic acids is 3. The van der Waals surface area contributed by atoms with E-state index in [1.54, 1.807) is 19.1 Å². The molecule has 0 aliphatic carbocycles. The van der Waals surface area contributed by atoms with Crippen molar-refractivity contribution in [3.63, 3.8) is 0 Å². The van der Waals surface area contributed by atoms with Gasteiger partial charge in [-0.2, -0.15) is 0 Å². The predicted octanol–water partition coefficient (Wildman–Crippen LogP) is 0.840. The summed E-state index contributed by atoms with van der Waals surface area (Å²) in [5.41, 5.74) is 5.53. The van der Waals surface area contributed by atoms with E-state index >= 15 is 0 Å². The number of nitrogens with zero attached hydrogens (tertiary/aromatic N) is 1. The van der Waals surface area contributed by atoms with Gasteiger partial charge in [0, 0.05) is 13.3 Å². The summed E-state index contributed by atoms with van der Waals surface area (Å²) in [6.45, 7) is 2.57.